The van der Waals surface area contributed by atoms with Crippen molar-refractivity contribution in [1.82, 2.24) is 9.62 Å². The Bertz CT molecular complexity index is 1020. The quantitative estimate of drug-likeness (QED) is 0.684. The van der Waals surface area contributed by atoms with Crippen molar-refractivity contribution in [3.63, 3.8) is 0 Å². The summed E-state index contributed by atoms with van der Waals surface area (Å²) >= 11 is 5.88. The van der Waals surface area contributed by atoms with Gasteiger partial charge in [-0.2, -0.15) is 4.31 Å². The van der Waals surface area contributed by atoms with Gasteiger partial charge in [0.2, 0.25) is 15.9 Å². The highest BCUT2D eigenvalue weighted by Gasteiger charge is 2.33. The number of halogens is 1. The molecule has 8 heteroatoms. The Labute approximate surface area is 195 Å². The minimum Gasteiger partial charge on any atom is -0.372 e. The Balaban J connectivity index is 1.33. The van der Waals surface area contributed by atoms with Gasteiger partial charge in [0, 0.05) is 43.4 Å². The molecule has 2 aliphatic rings. The lowest BCUT2D eigenvalue weighted by atomic mass is 9.98. The smallest absolute Gasteiger partial charge is 0.243 e. The van der Waals surface area contributed by atoms with Gasteiger partial charge in [0.1, 0.15) is 0 Å². The van der Waals surface area contributed by atoms with E-state index in [9.17, 15) is 13.2 Å². The summed E-state index contributed by atoms with van der Waals surface area (Å²) in [5.74, 6) is -0.445. The number of rotatable bonds is 6. The first kappa shape index (κ1) is 23.1. The number of benzene rings is 2. The van der Waals surface area contributed by atoms with Crippen molar-refractivity contribution in [3.8, 4) is 0 Å². The van der Waals surface area contributed by atoms with Gasteiger partial charge in [-0.25, -0.2) is 8.42 Å². The van der Waals surface area contributed by atoms with Crippen LogP contribution in [0.1, 0.15) is 37.7 Å². The zero-order chi connectivity index (χ0) is 22.6. The largest absolute Gasteiger partial charge is 0.372 e. The molecule has 2 aromatic rings. The van der Waals surface area contributed by atoms with Crippen LogP contribution >= 0.6 is 11.6 Å². The van der Waals surface area contributed by atoms with Gasteiger partial charge in [0.25, 0.3) is 0 Å². The summed E-state index contributed by atoms with van der Waals surface area (Å²) in [6, 6.07) is 14.5. The lowest BCUT2D eigenvalue weighted by Gasteiger charge is -2.31. The van der Waals surface area contributed by atoms with E-state index in [4.69, 9.17) is 11.6 Å². The second kappa shape index (κ2) is 10.2. The van der Waals surface area contributed by atoms with Gasteiger partial charge in [0.15, 0.2) is 0 Å². The van der Waals surface area contributed by atoms with Crippen molar-refractivity contribution in [2.75, 3.05) is 31.1 Å². The predicted octanol–water partition coefficient (Wildman–Crippen LogP) is 4.05. The Morgan fingerprint density at radius 1 is 0.938 bits per heavy atom. The molecule has 2 aliphatic heterocycles. The molecule has 172 valence electrons. The number of nitrogens with zero attached hydrogens (tertiary/aromatic N) is 2. The average Bonchev–Trinajstić information content (AvgIpc) is 2.84. The van der Waals surface area contributed by atoms with Crippen LogP contribution in [0.15, 0.2) is 53.4 Å². The van der Waals surface area contributed by atoms with Crippen LogP contribution in [0.4, 0.5) is 5.69 Å². The SMILES string of the molecule is O=C(NCc1ccc(N2CCCCC2)cc1)[C@@H]1CCCN(S(=O)(=O)c2ccc(Cl)cc2)C1. The van der Waals surface area contributed by atoms with E-state index in [-0.39, 0.29) is 23.3 Å². The molecule has 2 heterocycles. The first-order valence-corrected chi connectivity index (χ1v) is 13.1. The molecule has 2 aromatic carbocycles. The molecule has 0 saturated carbocycles. The highest BCUT2D eigenvalue weighted by atomic mass is 35.5. The van der Waals surface area contributed by atoms with Gasteiger partial charge >= 0.3 is 0 Å². The van der Waals surface area contributed by atoms with Gasteiger partial charge in [-0.05, 0) is 74.1 Å². The lowest BCUT2D eigenvalue weighted by Crippen LogP contribution is -2.45. The van der Waals surface area contributed by atoms with Crippen LogP contribution in [0.3, 0.4) is 0 Å². The summed E-state index contributed by atoms with van der Waals surface area (Å²) in [4.78, 5) is 15.4. The van der Waals surface area contributed by atoms with Crippen LogP contribution in [0.2, 0.25) is 5.02 Å². The Morgan fingerprint density at radius 3 is 2.31 bits per heavy atom. The zero-order valence-corrected chi connectivity index (χ0v) is 19.7. The number of nitrogens with one attached hydrogen (secondary N) is 1. The van der Waals surface area contributed by atoms with Gasteiger partial charge in [-0.3, -0.25) is 4.79 Å². The molecule has 0 spiro atoms. The van der Waals surface area contributed by atoms with E-state index in [0.717, 1.165) is 18.7 Å². The van der Waals surface area contributed by atoms with Crippen LogP contribution < -0.4 is 10.2 Å². The number of carbonyl (C=O) groups excluding carboxylic acids is 1. The number of piperidine rings is 2. The van der Waals surface area contributed by atoms with E-state index in [1.54, 1.807) is 12.1 Å². The van der Waals surface area contributed by atoms with Crippen molar-refractivity contribution in [2.45, 2.75) is 43.5 Å². The average molecular weight is 476 g/mol. The number of hydrogen-bond acceptors (Lipinski definition) is 4. The third kappa shape index (κ3) is 5.45. The number of amides is 1. The Hall–Kier alpha value is -2.09. The fraction of sp³-hybridized carbons (Fsp3) is 0.458. The summed E-state index contributed by atoms with van der Waals surface area (Å²) in [7, 11) is -3.64. The predicted molar refractivity (Wildman–Crippen MR) is 127 cm³/mol. The molecule has 2 fully saturated rings. The van der Waals surface area contributed by atoms with Crippen LogP contribution in [0.5, 0.6) is 0 Å². The van der Waals surface area contributed by atoms with Gasteiger partial charge < -0.3 is 10.2 Å². The van der Waals surface area contributed by atoms with E-state index in [1.807, 2.05) is 0 Å². The first-order chi connectivity index (χ1) is 15.4. The molecule has 0 radical (unpaired) electrons. The summed E-state index contributed by atoms with van der Waals surface area (Å²) < 4.78 is 27.3. The molecular weight excluding hydrogens is 446 g/mol. The lowest BCUT2D eigenvalue weighted by molar-refractivity contribution is -0.126. The fourth-order valence-electron chi connectivity index (χ4n) is 4.44. The maximum absolute atomic E-state index is 13.0. The topological polar surface area (TPSA) is 69.7 Å². The van der Waals surface area contributed by atoms with Crippen LogP contribution in [-0.4, -0.2) is 44.8 Å². The molecule has 2 saturated heterocycles. The normalized spacial score (nSPS) is 20.2. The highest BCUT2D eigenvalue weighted by molar-refractivity contribution is 7.89. The molecule has 0 aliphatic carbocycles. The molecule has 32 heavy (non-hydrogen) atoms. The van der Waals surface area contributed by atoms with Crippen LogP contribution in [0, 0.1) is 5.92 Å². The van der Waals surface area contributed by atoms with E-state index in [0.29, 0.717) is 31.0 Å². The maximum Gasteiger partial charge on any atom is 0.243 e. The van der Waals surface area contributed by atoms with Crippen molar-refractivity contribution in [3.05, 3.63) is 59.1 Å². The van der Waals surface area contributed by atoms with Crippen LogP contribution in [0.25, 0.3) is 0 Å². The molecule has 1 N–H and O–H groups in total. The summed E-state index contributed by atoms with van der Waals surface area (Å²) in [5.41, 5.74) is 2.27. The molecule has 1 atom stereocenters. The van der Waals surface area contributed by atoms with Gasteiger partial charge in [-0.15, -0.1) is 0 Å². The fourth-order valence-corrected chi connectivity index (χ4v) is 6.09. The third-order valence-electron chi connectivity index (χ3n) is 6.33. The second-order valence-corrected chi connectivity index (χ2v) is 11.0. The molecule has 1 amide bonds. The summed E-state index contributed by atoms with van der Waals surface area (Å²) in [6.45, 7) is 3.28. The monoisotopic (exact) mass is 475 g/mol. The third-order valence-corrected chi connectivity index (χ3v) is 8.46. The van der Waals surface area contributed by atoms with Crippen molar-refractivity contribution >= 4 is 33.2 Å². The molecule has 0 bridgehead atoms. The summed E-state index contributed by atoms with van der Waals surface area (Å²) in [6.07, 6.45) is 5.13. The van der Waals surface area contributed by atoms with Gasteiger partial charge in [-0.1, -0.05) is 23.7 Å². The van der Waals surface area contributed by atoms with Crippen molar-refractivity contribution in [1.29, 1.82) is 0 Å². The minimum absolute atomic E-state index is 0.0962. The molecule has 0 aromatic heterocycles. The standard InChI is InChI=1S/C24H30ClN3O3S/c25-21-8-12-23(13-9-21)32(30,31)28-16-4-5-20(18-28)24(29)26-17-19-6-10-22(11-7-19)27-14-2-1-3-15-27/h6-13,20H,1-5,14-18H2,(H,26,29)/t20-/m1/s1. The minimum atomic E-state index is -3.64. The van der Waals surface area contributed by atoms with E-state index < -0.39 is 10.0 Å². The molecule has 6 nitrogen and oxygen atoms in total. The Morgan fingerprint density at radius 2 is 1.62 bits per heavy atom. The summed E-state index contributed by atoms with van der Waals surface area (Å²) in [5, 5.41) is 3.49. The van der Waals surface area contributed by atoms with E-state index in [2.05, 4.69) is 34.5 Å². The van der Waals surface area contributed by atoms with Crippen molar-refractivity contribution in [2.24, 2.45) is 5.92 Å². The number of carbonyl (C=O) groups is 1. The maximum atomic E-state index is 13.0. The first-order valence-electron chi connectivity index (χ1n) is 11.3. The number of hydrogen-bond donors (Lipinski definition) is 1. The molecular formula is C24H30ClN3O3S. The second-order valence-electron chi connectivity index (χ2n) is 8.59. The number of anilines is 1. The molecule has 4 rings (SSSR count). The Kier molecular flexibility index (Phi) is 7.38. The van der Waals surface area contributed by atoms with Gasteiger partial charge in [0.05, 0.1) is 10.8 Å². The van der Waals surface area contributed by atoms with Crippen molar-refractivity contribution < 1.29 is 13.2 Å². The van der Waals surface area contributed by atoms with Crippen LogP contribution in [-0.2, 0) is 21.4 Å². The van der Waals surface area contributed by atoms with E-state index >= 15 is 0 Å². The zero-order valence-electron chi connectivity index (χ0n) is 18.2. The molecule has 0 unspecified atom stereocenters. The number of sulfonamides is 1. The van der Waals surface area contributed by atoms with E-state index in [1.165, 1.54) is 41.4 Å². The highest BCUT2D eigenvalue weighted by Crippen LogP contribution is 2.25.